The lowest BCUT2D eigenvalue weighted by molar-refractivity contribution is 0.0635. The van der Waals surface area contributed by atoms with Crippen molar-refractivity contribution >= 4 is 11.7 Å². The Morgan fingerprint density at radius 3 is 2.65 bits per heavy atom. The highest BCUT2D eigenvalue weighted by molar-refractivity contribution is 5.94. The summed E-state index contributed by atoms with van der Waals surface area (Å²) in [6.45, 7) is 4.63. The average Bonchev–Trinajstić information content (AvgIpc) is 2.46. The largest absolute Gasteiger partial charge is 0.373 e. The van der Waals surface area contributed by atoms with Gasteiger partial charge in [-0.2, -0.15) is 0 Å². The molecule has 0 aromatic carbocycles. The van der Waals surface area contributed by atoms with Crippen LogP contribution in [0, 0.1) is 5.41 Å². The Kier molecular flexibility index (Phi) is 4.31. The molecule has 1 saturated carbocycles. The predicted octanol–water partition coefficient (Wildman–Crippen LogP) is 3.16. The lowest BCUT2D eigenvalue weighted by Crippen LogP contribution is -2.40. The van der Waals surface area contributed by atoms with E-state index in [0.717, 1.165) is 18.7 Å². The summed E-state index contributed by atoms with van der Waals surface area (Å²) in [7, 11) is 3.73. The number of carbonyl (C=O) groups is 1. The summed E-state index contributed by atoms with van der Waals surface area (Å²) in [4.78, 5) is 18.6. The first-order valence-electron chi connectivity index (χ1n) is 7.34. The van der Waals surface area contributed by atoms with Crippen molar-refractivity contribution in [2.24, 2.45) is 5.41 Å². The number of nitrogens with zero attached hydrogens (tertiary/aromatic N) is 2. The Bertz CT molecular complexity index is 474. The van der Waals surface area contributed by atoms with Gasteiger partial charge in [-0.05, 0) is 43.2 Å². The second kappa shape index (κ2) is 5.81. The number of aromatic nitrogens is 1. The molecule has 1 fully saturated rings. The van der Waals surface area contributed by atoms with E-state index in [1.54, 1.807) is 12.3 Å². The lowest BCUT2D eigenvalue weighted by atomic mass is 9.75. The zero-order valence-electron chi connectivity index (χ0n) is 12.9. The molecule has 4 heteroatoms. The molecule has 0 unspecified atom stereocenters. The highest BCUT2D eigenvalue weighted by Gasteiger charge is 2.30. The molecule has 1 aliphatic carbocycles. The van der Waals surface area contributed by atoms with E-state index < -0.39 is 0 Å². The molecule has 20 heavy (non-hydrogen) atoms. The summed E-state index contributed by atoms with van der Waals surface area (Å²) in [5.74, 6) is 0.822. The van der Waals surface area contributed by atoms with Crippen molar-refractivity contribution in [1.82, 2.24) is 9.88 Å². The van der Waals surface area contributed by atoms with Gasteiger partial charge in [-0.25, -0.2) is 4.98 Å². The molecule has 0 radical (unpaired) electrons. The zero-order chi connectivity index (χ0) is 14.8. The average molecular weight is 275 g/mol. The van der Waals surface area contributed by atoms with Crippen LogP contribution in [0.25, 0.3) is 0 Å². The minimum absolute atomic E-state index is 0.0913. The minimum atomic E-state index is 0.0913. The molecule has 110 valence electrons. The van der Waals surface area contributed by atoms with E-state index >= 15 is 0 Å². The van der Waals surface area contributed by atoms with Gasteiger partial charge in [0, 0.05) is 31.9 Å². The first-order valence-corrected chi connectivity index (χ1v) is 7.34. The summed E-state index contributed by atoms with van der Waals surface area (Å²) in [6.07, 6.45) is 6.25. The summed E-state index contributed by atoms with van der Waals surface area (Å²) in [5, 5.41) is 2.97. The topological polar surface area (TPSA) is 45.2 Å². The van der Waals surface area contributed by atoms with Crippen LogP contribution in [-0.2, 0) is 0 Å². The van der Waals surface area contributed by atoms with Crippen molar-refractivity contribution in [2.45, 2.75) is 45.6 Å². The maximum Gasteiger partial charge on any atom is 0.254 e. The third-order valence-electron chi connectivity index (χ3n) is 4.44. The molecule has 0 bridgehead atoms. The van der Waals surface area contributed by atoms with Gasteiger partial charge in [-0.3, -0.25) is 4.79 Å². The van der Waals surface area contributed by atoms with Crippen LogP contribution in [0.15, 0.2) is 18.3 Å². The molecule has 0 spiro atoms. The minimum Gasteiger partial charge on any atom is -0.373 e. The van der Waals surface area contributed by atoms with Gasteiger partial charge in [0.25, 0.3) is 5.91 Å². The fourth-order valence-corrected chi connectivity index (χ4v) is 2.84. The number of amides is 1. The maximum absolute atomic E-state index is 12.5. The van der Waals surface area contributed by atoms with E-state index in [9.17, 15) is 4.79 Å². The second-order valence-corrected chi connectivity index (χ2v) is 6.49. The first kappa shape index (κ1) is 14.8. The molecular weight excluding hydrogens is 250 g/mol. The van der Waals surface area contributed by atoms with E-state index in [4.69, 9.17) is 0 Å². The quantitative estimate of drug-likeness (QED) is 0.921. The van der Waals surface area contributed by atoms with Gasteiger partial charge >= 0.3 is 0 Å². The van der Waals surface area contributed by atoms with Crippen molar-refractivity contribution in [3.63, 3.8) is 0 Å². The van der Waals surface area contributed by atoms with E-state index in [2.05, 4.69) is 24.1 Å². The molecule has 1 amide bonds. The Balaban J connectivity index is 2.05. The number of hydrogen-bond donors (Lipinski definition) is 1. The van der Waals surface area contributed by atoms with Crippen LogP contribution in [0.1, 0.15) is 49.9 Å². The molecule has 1 heterocycles. The van der Waals surface area contributed by atoms with Gasteiger partial charge in [0.15, 0.2) is 0 Å². The Morgan fingerprint density at radius 2 is 2.05 bits per heavy atom. The van der Waals surface area contributed by atoms with Crippen molar-refractivity contribution in [3.05, 3.63) is 23.9 Å². The lowest BCUT2D eigenvalue weighted by Gasteiger charge is -2.38. The Morgan fingerprint density at radius 1 is 1.40 bits per heavy atom. The van der Waals surface area contributed by atoms with Crippen molar-refractivity contribution in [3.8, 4) is 0 Å². The molecule has 0 aliphatic heterocycles. The SMILES string of the molecule is CNc1cc(C(=O)N(C)C2CCC(C)(C)CC2)ccn1. The molecule has 1 N–H and O–H groups in total. The van der Waals surface area contributed by atoms with Gasteiger partial charge < -0.3 is 10.2 Å². The van der Waals surface area contributed by atoms with Crippen LogP contribution in [0.2, 0.25) is 0 Å². The van der Waals surface area contributed by atoms with Crippen LogP contribution in [-0.4, -0.2) is 35.9 Å². The van der Waals surface area contributed by atoms with Gasteiger partial charge in [0.05, 0.1) is 0 Å². The summed E-state index contributed by atoms with van der Waals surface area (Å²) >= 11 is 0. The Hall–Kier alpha value is -1.58. The standard InChI is InChI=1S/C16H25N3O/c1-16(2)8-5-13(6-9-16)19(4)15(20)12-7-10-18-14(11-12)17-3/h7,10-11,13H,5-6,8-9H2,1-4H3,(H,17,18). The predicted molar refractivity (Wildman–Crippen MR) is 81.9 cm³/mol. The molecule has 1 aromatic heterocycles. The molecule has 4 nitrogen and oxygen atoms in total. The number of nitrogens with one attached hydrogen (secondary N) is 1. The zero-order valence-corrected chi connectivity index (χ0v) is 12.9. The van der Waals surface area contributed by atoms with Gasteiger partial charge in [0.2, 0.25) is 0 Å². The van der Waals surface area contributed by atoms with Crippen molar-refractivity contribution in [1.29, 1.82) is 0 Å². The fraction of sp³-hybridized carbons (Fsp3) is 0.625. The van der Waals surface area contributed by atoms with Crippen LogP contribution < -0.4 is 5.32 Å². The molecule has 1 aliphatic rings. The third-order valence-corrected chi connectivity index (χ3v) is 4.44. The number of pyridine rings is 1. The number of rotatable bonds is 3. The van der Waals surface area contributed by atoms with Crippen LogP contribution in [0.3, 0.4) is 0 Å². The first-order chi connectivity index (χ1) is 9.43. The van der Waals surface area contributed by atoms with Crippen LogP contribution in [0.5, 0.6) is 0 Å². The van der Waals surface area contributed by atoms with E-state index in [1.165, 1.54) is 12.8 Å². The third kappa shape index (κ3) is 3.30. The highest BCUT2D eigenvalue weighted by atomic mass is 16.2. The second-order valence-electron chi connectivity index (χ2n) is 6.49. The molecule has 1 aromatic rings. The van der Waals surface area contributed by atoms with E-state index in [0.29, 0.717) is 17.0 Å². The summed E-state index contributed by atoms with van der Waals surface area (Å²) in [6, 6.07) is 3.96. The van der Waals surface area contributed by atoms with Crippen molar-refractivity contribution < 1.29 is 4.79 Å². The molecule has 0 atom stereocenters. The summed E-state index contributed by atoms with van der Waals surface area (Å²) in [5.41, 5.74) is 1.13. The molecular formula is C16H25N3O. The van der Waals surface area contributed by atoms with E-state index in [1.807, 2.05) is 25.1 Å². The molecule has 0 saturated heterocycles. The van der Waals surface area contributed by atoms with E-state index in [-0.39, 0.29) is 5.91 Å². The van der Waals surface area contributed by atoms with Gasteiger partial charge in [-0.15, -0.1) is 0 Å². The number of anilines is 1. The smallest absolute Gasteiger partial charge is 0.254 e. The van der Waals surface area contributed by atoms with Gasteiger partial charge in [0.1, 0.15) is 5.82 Å². The maximum atomic E-state index is 12.5. The monoisotopic (exact) mass is 275 g/mol. The number of hydrogen-bond acceptors (Lipinski definition) is 3. The number of carbonyl (C=O) groups excluding carboxylic acids is 1. The Labute approximate surface area is 121 Å². The van der Waals surface area contributed by atoms with Crippen LogP contribution in [0.4, 0.5) is 5.82 Å². The highest BCUT2D eigenvalue weighted by Crippen LogP contribution is 2.36. The normalized spacial score (nSPS) is 18.6. The van der Waals surface area contributed by atoms with Crippen LogP contribution >= 0.6 is 0 Å². The summed E-state index contributed by atoms with van der Waals surface area (Å²) < 4.78 is 0. The van der Waals surface area contributed by atoms with Crippen molar-refractivity contribution in [2.75, 3.05) is 19.4 Å². The molecule has 2 rings (SSSR count). The van der Waals surface area contributed by atoms with Gasteiger partial charge in [-0.1, -0.05) is 13.8 Å². The fourth-order valence-electron chi connectivity index (χ4n) is 2.84.